The van der Waals surface area contributed by atoms with Crippen molar-refractivity contribution in [1.82, 2.24) is 15.5 Å². The number of rotatable bonds is 28. The molecule has 4 fully saturated rings. The predicted molar refractivity (Wildman–Crippen MR) is 239 cm³/mol. The molecular formula is C48H93N3O9. The first-order valence-electron chi connectivity index (χ1n) is 24.6. The third-order valence-electron chi connectivity index (χ3n) is 15.7. The quantitative estimate of drug-likeness (QED) is 0.0510. The maximum atomic E-state index is 10.6. The summed E-state index contributed by atoms with van der Waals surface area (Å²) >= 11 is 0. The summed E-state index contributed by atoms with van der Waals surface area (Å²) in [5.74, 6) is 2.79. The molecule has 0 aliphatic heterocycles. The van der Waals surface area contributed by atoms with Crippen LogP contribution >= 0.6 is 0 Å². The van der Waals surface area contributed by atoms with Gasteiger partial charge in [-0.05, 0) is 151 Å². The van der Waals surface area contributed by atoms with E-state index in [0.29, 0.717) is 95.0 Å². The first kappa shape index (κ1) is 52.1. The minimum atomic E-state index is -0.542. The Labute approximate surface area is 365 Å². The van der Waals surface area contributed by atoms with Crippen LogP contribution in [0.3, 0.4) is 0 Å². The van der Waals surface area contributed by atoms with Crippen molar-refractivity contribution in [3.63, 3.8) is 0 Å². The topological polar surface area (TPSA) is 165 Å². The molecule has 0 aromatic heterocycles. The van der Waals surface area contributed by atoms with E-state index < -0.39 is 18.3 Å². The zero-order valence-electron chi connectivity index (χ0n) is 39.0. The van der Waals surface area contributed by atoms with E-state index in [-0.39, 0.29) is 36.4 Å². The molecule has 0 saturated heterocycles. The number of hydrogen-bond acceptors (Lipinski definition) is 12. The van der Waals surface area contributed by atoms with Crippen LogP contribution in [0.25, 0.3) is 0 Å². The number of aliphatic hydroxyl groups excluding tert-OH is 5. The van der Waals surface area contributed by atoms with E-state index >= 15 is 0 Å². The van der Waals surface area contributed by atoms with E-state index in [1.54, 1.807) is 0 Å². The number of ether oxygens (including phenoxy) is 4. The highest BCUT2D eigenvalue weighted by Crippen LogP contribution is 2.50. The first-order chi connectivity index (χ1) is 28.7. The van der Waals surface area contributed by atoms with Gasteiger partial charge in [0, 0.05) is 39.3 Å². The van der Waals surface area contributed by atoms with Crippen molar-refractivity contribution in [3.05, 3.63) is 0 Å². The van der Waals surface area contributed by atoms with Crippen LogP contribution < -0.4 is 10.6 Å². The second kappa shape index (κ2) is 27.1. The Balaban J connectivity index is 0.966. The lowest BCUT2D eigenvalue weighted by atomic mass is 9.60. The Hall–Kier alpha value is -0.480. The van der Waals surface area contributed by atoms with Gasteiger partial charge in [0.25, 0.3) is 0 Å². The Bertz CT molecular complexity index is 1100. The molecule has 4 rings (SSSR count). The summed E-state index contributed by atoms with van der Waals surface area (Å²) in [5.41, 5.74) is 0.584. The van der Waals surface area contributed by atoms with Crippen LogP contribution in [-0.4, -0.2) is 159 Å². The van der Waals surface area contributed by atoms with Gasteiger partial charge in [0.1, 0.15) is 0 Å². The molecule has 354 valence electrons. The van der Waals surface area contributed by atoms with Gasteiger partial charge in [-0.1, -0.05) is 34.6 Å². The third kappa shape index (κ3) is 17.8. The van der Waals surface area contributed by atoms with E-state index in [4.69, 9.17) is 24.1 Å². The van der Waals surface area contributed by atoms with Gasteiger partial charge in [-0.15, -0.1) is 0 Å². The highest BCUT2D eigenvalue weighted by atomic mass is 16.5. The largest absolute Gasteiger partial charge is 0.395 e. The summed E-state index contributed by atoms with van der Waals surface area (Å²) in [7, 11) is 1.90. The number of nitrogens with zero attached hydrogens (tertiary/aromatic N) is 1. The number of likely N-dealkylation sites (N-methyl/N-ethyl adjacent to an activating group) is 1. The second-order valence-corrected chi connectivity index (χ2v) is 20.8. The van der Waals surface area contributed by atoms with Crippen LogP contribution in [0.2, 0.25) is 0 Å². The fraction of sp³-hybridized carbons (Fsp3) is 1.00. The summed E-state index contributed by atoms with van der Waals surface area (Å²) in [6.07, 6.45) is 17.8. The highest BCUT2D eigenvalue weighted by molar-refractivity contribution is 4.93. The molecule has 12 nitrogen and oxygen atoms in total. The molecule has 4 atom stereocenters. The maximum Gasteiger partial charge on any atom is 0.0900 e. The minimum Gasteiger partial charge on any atom is -0.395 e. The fourth-order valence-electron chi connectivity index (χ4n) is 11.2. The lowest BCUT2D eigenvalue weighted by Gasteiger charge is -2.46. The lowest BCUT2D eigenvalue weighted by molar-refractivity contribution is -0.0620. The molecule has 0 bridgehead atoms. The molecule has 0 aromatic rings. The second-order valence-electron chi connectivity index (χ2n) is 20.8. The smallest absolute Gasteiger partial charge is 0.0900 e. The van der Waals surface area contributed by atoms with Crippen molar-refractivity contribution in [2.75, 3.05) is 79.4 Å². The van der Waals surface area contributed by atoms with Crippen molar-refractivity contribution in [2.45, 2.75) is 193 Å². The molecule has 0 amide bonds. The van der Waals surface area contributed by atoms with Crippen LogP contribution in [0.4, 0.5) is 0 Å². The summed E-state index contributed by atoms with van der Waals surface area (Å²) in [4.78, 5) is 1.93. The van der Waals surface area contributed by atoms with Gasteiger partial charge in [0.2, 0.25) is 0 Å². The molecule has 4 aliphatic carbocycles. The van der Waals surface area contributed by atoms with Crippen LogP contribution in [0.5, 0.6) is 0 Å². The maximum absolute atomic E-state index is 10.6. The molecule has 12 heteroatoms. The van der Waals surface area contributed by atoms with Gasteiger partial charge < -0.3 is 60.0 Å². The predicted octanol–water partition coefficient (Wildman–Crippen LogP) is 5.30. The van der Waals surface area contributed by atoms with Gasteiger partial charge in [-0.3, -0.25) is 0 Å². The van der Waals surface area contributed by atoms with Crippen LogP contribution in [0, 0.1) is 34.5 Å². The Morgan fingerprint density at radius 3 is 1.10 bits per heavy atom. The average Bonchev–Trinajstić information content (AvgIpc) is 3.25. The van der Waals surface area contributed by atoms with Crippen molar-refractivity contribution < 1.29 is 44.5 Å². The van der Waals surface area contributed by atoms with Crippen molar-refractivity contribution >= 4 is 0 Å². The zero-order valence-corrected chi connectivity index (χ0v) is 39.0. The number of aliphatic hydroxyl groups is 5. The Morgan fingerprint density at radius 2 is 0.800 bits per heavy atom. The molecule has 0 spiro atoms. The summed E-state index contributed by atoms with van der Waals surface area (Å²) in [6.45, 7) is 17.0. The average molecular weight is 856 g/mol. The van der Waals surface area contributed by atoms with Gasteiger partial charge >= 0.3 is 0 Å². The molecular weight excluding hydrogens is 763 g/mol. The molecule has 0 heterocycles. The standard InChI is InChI=1S/C48H93N3O9/c1-7-39(53)31-57-43-16-8-35(9-17-43)47(2,3)36-10-18-44(19-11-36)58-32-40(54)28-49-24-25-50-29-41(55)33-59-45-20-12-37(13-21-45)48(4,5)38-14-22-46(23-15-38)60-34-42(56)30-51(6)26-27-52/h35-46,49-50,52-56H,7-34H2,1-6H3. The normalized spacial score (nSPS) is 30.6. The molecule has 0 radical (unpaired) electrons. The van der Waals surface area contributed by atoms with Gasteiger partial charge in [0.05, 0.1) is 81.9 Å². The van der Waals surface area contributed by atoms with E-state index in [2.05, 4.69) is 38.3 Å². The molecule has 4 saturated carbocycles. The summed E-state index contributed by atoms with van der Waals surface area (Å²) < 4.78 is 24.5. The first-order valence-corrected chi connectivity index (χ1v) is 24.6. The minimum absolute atomic E-state index is 0.0960. The zero-order chi connectivity index (χ0) is 43.5. The fourth-order valence-corrected chi connectivity index (χ4v) is 11.2. The van der Waals surface area contributed by atoms with Crippen LogP contribution in [0.1, 0.15) is 144 Å². The van der Waals surface area contributed by atoms with Gasteiger partial charge in [0.15, 0.2) is 0 Å². The van der Waals surface area contributed by atoms with E-state index in [1.807, 2.05) is 18.9 Å². The van der Waals surface area contributed by atoms with E-state index in [0.717, 1.165) is 63.7 Å². The number of hydrogen-bond donors (Lipinski definition) is 7. The van der Waals surface area contributed by atoms with Crippen molar-refractivity contribution in [3.8, 4) is 0 Å². The van der Waals surface area contributed by atoms with E-state index in [9.17, 15) is 20.4 Å². The molecule has 0 aromatic carbocycles. The van der Waals surface area contributed by atoms with Crippen molar-refractivity contribution in [2.24, 2.45) is 34.5 Å². The Morgan fingerprint density at radius 1 is 0.500 bits per heavy atom. The van der Waals surface area contributed by atoms with E-state index in [1.165, 1.54) is 51.4 Å². The van der Waals surface area contributed by atoms with Crippen LogP contribution in [0.15, 0.2) is 0 Å². The van der Waals surface area contributed by atoms with Gasteiger partial charge in [-0.2, -0.15) is 0 Å². The third-order valence-corrected chi connectivity index (χ3v) is 15.7. The SMILES string of the molecule is CCC(O)COC1CCC(C(C)(C)C2CCC(OCC(O)CNCCNCC(O)COC3CCC(C(C)(C)C4CCC(OCC(O)CN(C)CCO)CC4)CC3)CC2)CC1. The number of nitrogens with one attached hydrogen (secondary N) is 2. The van der Waals surface area contributed by atoms with Gasteiger partial charge in [-0.25, -0.2) is 0 Å². The van der Waals surface area contributed by atoms with Crippen LogP contribution in [-0.2, 0) is 18.9 Å². The monoisotopic (exact) mass is 856 g/mol. The molecule has 7 N–H and O–H groups in total. The van der Waals surface area contributed by atoms with Crippen molar-refractivity contribution in [1.29, 1.82) is 0 Å². The summed E-state index contributed by atoms with van der Waals surface area (Å²) in [6, 6.07) is 0. The summed E-state index contributed by atoms with van der Waals surface area (Å²) in [5, 5.41) is 57.0. The Kier molecular flexibility index (Phi) is 23.6. The lowest BCUT2D eigenvalue weighted by Crippen LogP contribution is -2.41. The molecule has 4 aliphatic rings. The molecule has 4 unspecified atom stereocenters. The molecule has 60 heavy (non-hydrogen) atoms. The highest BCUT2D eigenvalue weighted by Gasteiger charge is 2.42.